The number of ether oxygens (including phenoxy) is 1. The van der Waals surface area contributed by atoms with Gasteiger partial charge in [0.15, 0.2) is 0 Å². The van der Waals surface area contributed by atoms with Gasteiger partial charge < -0.3 is 9.64 Å². The molecule has 0 bridgehead atoms. The van der Waals surface area contributed by atoms with E-state index in [1.54, 1.807) is 0 Å². The largest absolute Gasteiger partial charge is 0.372 e. The Balaban J connectivity index is 2.64. The Morgan fingerprint density at radius 3 is 2.73 bits per heavy atom. The first kappa shape index (κ1) is 12.5. The maximum atomic E-state index is 11.9. The summed E-state index contributed by atoms with van der Waals surface area (Å²) in [5, 5.41) is 0. The lowest BCUT2D eigenvalue weighted by atomic mass is 9.86. The Labute approximate surface area is 92.8 Å². The first-order valence-corrected chi connectivity index (χ1v) is 5.90. The highest BCUT2D eigenvalue weighted by Crippen LogP contribution is 2.35. The first-order chi connectivity index (χ1) is 7.02. The molecular formula is C12H23NO2. The molecule has 0 saturated carbocycles. The standard InChI is InChI=1S/C12H23NO2/c1-5-15-9-11(14)13-8-6-7-12(13,4)10(2)3/h10H,5-9H2,1-4H3/t12-/m0/s1. The Hall–Kier alpha value is -0.570. The van der Waals surface area contributed by atoms with Crippen LogP contribution >= 0.6 is 0 Å². The van der Waals surface area contributed by atoms with Crippen molar-refractivity contribution in [1.82, 2.24) is 4.90 Å². The van der Waals surface area contributed by atoms with Gasteiger partial charge in [0.1, 0.15) is 6.61 Å². The quantitative estimate of drug-likeness (QED) is 0.715. The van der Waals surface area contributed by atoms with Crippen LogP contribution in [0.5, 0.6) is 0 Å². The van der Waals surface area contributed by atoms with Crippen LogP contribution in [0.1, 0.15) is 40.5 Å². The number of rotatable bonds is 4. The molecule has 0 radical (unpaired) electrons. The van der Waals surface area contributed by atoms with Crippen molar-refractivity contribution in [2.45, 2.75) is 46.1 Å². The van der Waals surface area contributed by atoms with Crippen LogP contribution in [-0.4, -0.2) is 36.1 Å². The predicted molar refractivity (Wildman–Crippen MR) is 60.7 cm³/mol. The zero-order valence-corrected chi connectivity index (χ0v) is 10.4. The van der Waals surface area contributed by atoms with Crippen molar-refractivity contribution in [3.8, 4) is 0 Å². The third kappa shape index (κ3) is 2.51. The highest BCUT2D eigenvalue weighted by atomic mass is 16.5. The van der Waals surface area contributed by atoms with Gasteiger partial charge >= 0.3 is 0 Å². The minimum atomic E-state index is 0.0359. The summed E-state index contributed by atoms with van der Waals surface area (Å²) in [5.74, 6) is 0.649. The maximum absolute atomic E-state index is 11.9. The van der Waals surface area contributed by atoms with Gasteiger partial charge in [-0.05, 0) is 32.6 Å². The van der Waals surface area contributed by atoms with E-state index < -0.39 is 0 Å². The Morgan fingerprint density at radius 1 is 1.53 bits per heavy atom. The summed E-state index contributed by atoms with van der Waals surface area (Å²) < 4.78 is 5.19. The molecule has 1 fully saturated rings. The smallest absolute Gasteiger partial charge is 0.249 e. The molecule has 3 heteroatoms. The normalized spacial score (nSPS) is 26.3. The van der Waals surface area contributed by atoms with Crippen molar-refractivity contribution in [1.29, 1.82) is 0 Å². The van der Waals surface area contributed by atoms with E-state index in [2.05, 4.69) is 20.8 Å². The Morgan fingerprint density at radius 2 is 2.20 bits per heavy atom. The number of hydrogen-bond acceptors (Lipinski definition) is 2. The van der Waals surface area contributed by atoms with Crippen molar-refractivity contribution in [3.05, 3.63) is 0 Å². The molecule has 1 atom stereocenters. The van der Waals surface area contributed by atoms with Crippen LogP contribution in [0, 0.1) is 5.92 Å². The van der Waals surface area contributed by atoms with Gasteiger partial charge in [-0.15, -0.1) is 0 Å². The summed E-state index contributed by atoms with van der Waals surface area (Å²) in [4.78, 5) is 13.9. The minimum absolute atomic E-state index is 0.0359. The molecule has 1 aliphatic rings. The van der Waals surface area contributed by atoms with Crippen LogP contribution < -0.4 is 0 Å². The SMILES string of the molecule is CCOCC(=O)N1CCC[C@@]1(C)C(C)C. The highest BCUT2D eigenvalue weighted by Gasteiger charge is 2.41. The second kappa shape index (κ2) is 4.97. The molecule has 15 heavy (non-hydrogen) atoms. The summed E-state index contributed by atoms with van der Waals surface area (Å²) >= 11 is 0. The fourth-order valence-corrected chi connectivity index (χ4v) is 2.26. The number of carbonyl (C=O) groups excluding carboxylic acids is 1. The van der Waals surface area contributed by atoms with Gasteiger partial charge in [-0.1, -0.05) is 13.8 Å². The van der Waals surface area contributed by atoms with Crippen LogP contribution in [-0.2, 0) is 9.53 Å². The highest BCUT2D eigenvalue weighted by molar-refractivity contribution is 5.78. The average molecular weight is 213 g/mol. The van der Waals surface area contributed by atoms with E-state index in [0.29, 0.717) is 12.5 Å². The lowest BCUT2D eigenvalue weighted by Gasteiger charge is -2.38. The van der Waals surface area contributed by atoms with E-state index in [9.17, 15) is 4.79 Å². The van der Waals surface area contributed by atoms with Gasteiger partial charge in [-0.3, -0.25) is 4.79 Å². The van der Waals surface area contributed by atoms with Crippen LogP contribution in [0.3, 0.4) is 0 Å². The third-order valence-electron chi connectivity index (χ3n) is 3.66. The fraction of sp³-hybridized carbons (Fsp3) is 0.917. The fourth-order valence-electron chi connectivity index (χ4n) is 2.26. The number of carbonyl (C=O) groups is 1. The molecule has 1 aliphatic heterocycles. The lowest BCUT2D eigenvalue weighted by molar-refractivity contribution is -0.141. The van der Waals surface area contributed by atoms with Gasteiger partial charge in [-0.2, -0.15) is 0 Å². The van der Waals surface area contributed by atoms with E-state index in [1.807, 2.05) is 11.8 Å². The average Bonchev–Trinajstić information content (AvgIpc) is 2.58. The van der Waals surface area contributed by atoms with Gasteiger partial charge in [0.05, 0.1) is 0 Å². The molecule has 3 nitrogen and oxygen atoms in total. The van der Waals surface area contributed by atoms with E-state index >= 15 is 0 Å². The first-order valence-electron chi connectivity index (χ1n) is 5.90. The molecule has 88 valence electrons. The molecule has 1 amide bonds. The topological polar surface area (TPSA) is 29.5 Å². The zero-order valence-electron chi connectivity index (χ0n) is 10.4. The second-order valence-corrected chi connectivity index (χ2v) is 4.80. The van der Waals surface area contributed by atoms with Crippen molar-refractivity contribution >= 4 is 5.91 Å². The molecule has 0 unspecified atom stereocenters. The molecule has 0 aromatic rings. The van der Waals surface area contributed by atoms with Crippen LogP contribution in [0.15, 0.2) is 0 Å². The molecule has 0 N–H and O–H groups in total. The number of amides is 1. The van der Waals surface area contributed by atoms with Gasteiger partial charge in [-0.25, -0.2) is 0 Å². The van der Waals surface area contributed by atoms with Gasteiger partial charge in [0, 0.05) is 18.7 Å². The number of likely N-dealkylation sites (tertiary alicyclic amines) is 1. The minimum Gasteiger partial charge on any atom is -0.372 e. The summed E-state index contributed by atoms with van der Waals surface area (Å²) in [6.45, 7) is 10.2. The third-order valence-corrected chi connectivity index (χ3v) is 3.66. The van der Waals surface area contributed by atoms with E-state index in [4.69, 9.17) is 4.74 Å². The monoisotopic (exact) mass is 213 g/mol. The lowest BCUT2D eigenvalue weighted by Crippen LogP contribution is -2.49. The molecule has 0 spiro atoms. The molecular weight excluding hydrogens is 190 g/mol. The van der Waals surface area contributed by atoms with Crippen LogP contribution in [0.4, 0.5) is 0 Å². The van der Waals surface area contributed by atoms with Crippen molar-refractivity contribution in [3.63, 3.8) is 0 Å². The molecule has 1 rings (SSSR count). The van der Waals surface area contributed by atoms with E-state index in [1.165, 1.54) is 0 Å². The summed E-state index contributed by atoms with van der Waals surface area (Å²) in [7, 11) is 0. The number of nitrogens with zero attached hydrogens (tertiary/aromatic N) is 1. The van der Waals surface area contributed by atoms with Crippen molar-refractivity contribution < 1.29 is 9.53 Å². The van der Waals surface area contributed by atoms with Gasteiger partial charge in [0.2, 0.25) is 5.91 Å². The van der Waals surface area contributed by atoms with Gasteiger partial charge in [0.25, 0.3) is 0 Å². The van der Waals surface area contributed by atoms with Crippen LogP contribution in [0.2, 0.25) is 0 Å². The maximum Gasteiger partial charge on any atom is 0.249 e. The summed E-state index contributed by atoms with van der Waals surface area (Å²) in [5.41, 5.74) is 0.0359. The van der Waals surface area contributed by atoms with E-state index in [-0.39, 0.29) is 18.1 Å². The zero-order chi connectivity index (χ0) is 11.5. The molecule has 1 heterocycles. The Bertz CT molecular complexity index is 228. The Kier molecular flexibility index (Phi) is 4.14. The molecule has 1 saturated heterocycles. The van der Waals surface area contributed by atoms with Crippen LogP contribution in [0.25, 0.3) is 0 Å². The predicted octanol–water partition coefficient (Wildman–Crippen LogP) is 2.06. The van der Waals surface area contributed by atoms with Crippen molar-refractivity contribution in [2.24, 2.45) is 5.92 Å². The summed E-state index contributed by atoms with van der Waals surface area (Å²) in [6, 6.07) is 0. The molecule has 0 aromatic heterocycles. The van der Waals surface area contributed by atoms with Crippen molar-refractivity contribution in [2.75, 3.05) is 19.8 Å². The summed E-state index contributed by atoms with van der Waals surface area (Å²) in [6.07, 6.45) is 2.23. The molecule has 0 aromatic carbocycles. The van der Waals surface area contributed by atoms with E-state index in [0.717, 1.165) is 19.4 Å². The molecule has 0 aliphatic carbocycles. The second-order valence-electron chi connectivity index (χ2n) is 4.80. The number of hydrogen-bond donors (Lipinski definition) is 0.